The minimum absolute atomic E-state index is 0.137. The van der Waals surface area contributed by atoms with Gasteiger partial charge >= 0.3 is 5.97 Å². The van der Waals surface area contributed by atoms with Crippen LogP contribution in [0.25, 0.3) is 10.6 Å². The van der Waals surface area contributed by atoms with Gasteiger partial charge in [-0.2, -0.15) is 0 Å². The summed E-state index contributed by atoms with van der Waals surface area (Å²) in [7, 11) is 0. The molecule has 26 heavy (non-hydrogen) atoms. The number of carbonyl (C=O) groups excluding carboxylic acids is 2. The van der Waals surface area contributed by atoms with E-state index in [0.717, 1.165) is 31.5 Å². The van der Waals surface area contributed by atoms with Crippen LogP contribution in [0.1, 0.15) is 35.1 Å². The summed E-state index contributed by atoms with van der Waals surface area (Å²) >= 11 is 7.26. The monoisotopic (exact) mass is 392 g/mol. The highest BCUT2D eigenvalue weighted by Gasteiger charge is 2.23. The number of rotatable bonds is 4. The zero-order chi connectivity index (χ0) is 18.7. The summed E-state index contributed by atoms with van der Waals surface area (Å²) in [5.41, 5.74) is 1.44. The predicted octanol–water partition coefficient (Wildman–Crippen LogP) is 4.19. The topological polar surface area (TPSA) is 59.5 Å². The minimum Gasteiger partial charge on any atom is -0.451 e. The van der Waals surface area contributed by atoms with E-state index in [9.17, 15) is 9.59 Å². The Morgan fingerprint density at radius 3 is 2.77 bits per heavy atom. The molecule has 5 nitrogen and oxygen atoms in total. The van der Waals surface area contributed by atoms with Crippen molar-refractivity contribution in [2.75, 3.05) is 19.7 Å². The van der Waals surface area contributed by atoms with Gasteiger partial charge in [-0.05, 0) is 37.8 Å². The van der Waals surface area contributed by atoms with E-state index >= 15 is 0 Å². The molecule has 3 rings (SSSR count). The highest BCUT2D eigenvalue weighted by molar-refractivity contribution is 7.17. The van der Waals surface area contributed by atoms with Gasteiger partial charge in [0.15, 0.2) is 6.61 Å². The Labute approximate surface area is 161 Å². The van der Waals surface area contributed by atoms with Crippen molar-refractivity contribution in [2.24, 2.45) is 5.92 Å². The number of amides is 1. The van der Waals surface area contributed by atoms with E-state index in [-0.39, 0.29) is 12.5 Å². The molecule has 0 N–H and O–H groups in total. The number of nitrogens with zero attached hydrogens (tertiary/aromatic N) is 2. The van der Waals surface area contributed by atoms with E-state index in [2.05, 4.69) is 11.9 Å². The summed E-state index contributed by atoms with van der Waals surface area (Å²) in [4.78, 5) is 31.2. The molecule has 1 aromatic heterocycles. The number of ether oxygens (including phenoxy) is 1. The van der Waals surface area contributed by atoms with Crippen molar-refractivity contribution in [1.82, 2.24) is 9.88 Å². The van der Waals surface area contributed by atoms with Gasteiger partial charge in [0.2, 0.25) is 0 Å². The molecule has 0 atom stereocenters. The second-order valence-corrected chi connectivity index (χ2v) is 8.02. The van der Waals surface area contributed by atoms with E-state index in [1.165, 1.54) is 11.3 Å². The van der Waals surface area contributed by atoms with Crippen molar-refractivity contribution in [3.05, 3.63) is 39.9 Å². The van der Waals surface area contributed by atoms with Crippen LogP contribution in [0, 0.1) is 12.8 Å². The Balaban J connectivity index is 1.62. The van der Waals surface area contributed by atoms with Crippen molar-refractivity contribution in [1.29, 1.82) is 0 Å². The number of benzene rings is 1. The smallest absolute Gasteiger partial charge is 0.350 e. The average molecular weight is 393 g/mol. The maximum atomic E-state index is 12.4. The van der Waals surface area contributed by atoms with Crippen LogP contribution in [0.5, 0.6) is 0 Å². The molecule has 0 aliphatic carbocycles. The van der Waals surface area contributed by atoms with Gasteiger partial charge < -0.3 is 9.64 Å². The quantitative estimate of drug-likeness (QED) is 0.732. The van der Waals surface area contributed by atoms with E-state index in [1.54, 1.807) is 24.0 Å². The fourth-order valence-corrected chi connectivity index (χ4v) is 4.02. The maximum absolute atomic E-state index is 12.4. The first-order valence-electron chi connectivity index (χ1n) is 8.62. The Hall–Kier alpha value is -1.92. The van der Waals surface area contributed by atoms with E-state index < -0.39 is 5.97 Å². The van der Waals surface area contributed by atoms with Crippen molar-refractivity contribution >= 4 is 34.8 Å². The molecule has 1 aromatic carbocycles. The normalized spacial score (nSPS) is 15.1. The molecule has 7 heteroatoms. The number of hydrogen-bond acceptors (Lipinski definition) is 5. The van der Waals surface area contributed by atoms with E-state index in [4.69, 9.17) is 16.3 Å². The Bertz CT molecular complexity index is 813. The molecule has 1 aliphatic rings. The van der Waals surface area contributed by atoms with Crippen molar-refractivity contribution in [3.8, 4) is 10.6 Å². The highest BCUT2D eigenvalue weighted by Crippen LogP contribution is 2.30. The first-order chi connectivity index (χ1) is 12.4. The molecule has 0 bridgehead atoms. The third-order valence-corrected chi connectivity index (χ3v) is 5.94. The van der Waals surface area contributed by atoms with Gasteiger partial charge in [-0.3, -0.25) is 4.79 Å². The summed E-state index contributed by atoms with van der Waals surface area (Å²) in [5, 5.41) is 1.31. The van der Waals surface area contributed by atoms with Crippen LogP contribution in [0.2, 0.25) is 5.02 Å². The molecular formula is C19H21ClN2O3S. The first-order valence-corrected chi connectivity index (χ1v) is 9.81. The molecule has 0 radical (unpaired) electrons. The zero-order valence-corrected chi connectivity index (χ0v) is 16.4. The predicted molar refractivity (Wildman–Crippen MR) is 103 cm³/mol. The van der Waals surface area contributed by atoms with Crippen molar-refractivity contribution in [2.45, 2.75) is 26.7 Å². The standard InChI is InChI=1S/C19H21ClN2O3S/c1-12-6-8-22(9-7-12)16(23)11-25-19(24)17-13(2)21-18(26-17)14-4-3-5-15(20)10-14/h3-5,10,12H,6-9,11H2,1-2H3. The lowest BCUT2D eigenvalue weighted by molar-refractivity contribution is -0.135. The van der Waals surface area contributed by atoms with Gasteiger partial charge in [0.05, 0.1) is 5.69 Å². The molecule has 1 aliphatic heterocycles. The van der Waals surface area contributed by atoms with Crippen LogP contribution in [-0.4, -0.2) is 41.5 Å². The highest BCUT2D eigenvalue weighted by atomic mass is 35.5. The molecule has 138 valence electrons. The lowest BCUT2D eigenvalue weighted by Gasteiger charge is -2.30. The van der Waals surface area contributed by atoms with Gasteiger partial charge in [-0.15, -0.1) is 11.3 Å². The molecule has 0 unspecified atom stereocenters. The number of piperidine rings is 1. The van der Waals surface area contributed by atoms with Gasteiger partial charge in [-0.1, -0.05) is 30.7 Å². The number of aryl methyl sites for hydroxylation is 1. The fourth-order valence-electron chi connectivity index (χ4n) is 2.87. The zero-order valence-electron chi connectivity index (χ0n) is 14.8. The number of halogens is 1. The molecule has 0 saturated carbocycles. The van der Waals surface area contributed by atoms with Crippen LogP contribution in [0.15, 0.2) is 24.3 Å². The molecule has 1 fully saturated rings. The summed E-state index contributed by atoms with van der Waals surface area (Å²) in [6.07, 6.45) is 1.99. The number of likely N-dealkylation sites (tertiary alicyclic amines) is 1. The molecule has 2 heterocycles. The van der Waals surface area contributed by atoms with Gasteiger partial charge in [0.25, 0.3) is 5.91 Å². The third-order valence-electron chi connectivity index (χ3n) is 4.52. The Kier molecular flexibility index (Phi) is 5.94. The van der Waals surface area contributed by atoms with Gasteiger partial charge in [-0.25, -0.2) is 9.78 Å². The summed E-state index contributed by atoms with van der Waals surface area (Å²) in [6, 6.07) is 7.31. The molecule has 1 amide bonds. The SMILES string of the molecule is Cc1nc(-c2cccc(Cl)c2)sc1C(=O)OCC(=O)N1CCC(C)CC1. The Morgan fingerprint density at radius 2 is 2.08 bits per heavy atom. The summed E-state index contributed by atoms with van der Waals surface area (Å²) < 4.78 is 5.24. The average Bonchev–Trinajstić information content (AvgIpc) is 3.02. The van der Waals surface area contributed by atoms with Crippen LogP contribution < -0.4 is 0 Å². The second kappa shape index (κ2) is 8.18. The van der Waals surface area contributed by atoms with Gasteiger partial charge in [0, 0.05) is 23.7 Å². The lowest BCUT2D eigenvalue weighted by atomic mass is 9.99. The van der Waals surface area contributed by atoms with Crippen LogP contribution >= 0.6 is 22.9 Å². The maximum Gasteiger partial charge on any atom is 0.350 e. The molecular weight excluding hydrogens is 372 g/mol. The van der Waals surface area contributed by atoms with E-state index in [1.807, 2.05) is 12.1 Å². The summed E-state index contributed by atoms with van der Waals surface area (Å²) in [6.45, 7) is 5.18. The van der Waals surface area contributed by atoms with E-state index in [0.29, 0.717) is 26.5 Å². The first kappa shape index (κ1) is 18.9. The third kappa shape index (κ3) is 4.43. The number of carbonyl (C=O) groups is 2. The van der Waals surface area contributed by atoms with Crippen LogP contribution in [-0.2, 0) is 9.53 Å². The van der Waals surface area contributed by atoms with Crippen molar-refractivity contribution < 1.29 is 14.3 Å². The molecule has 0 spiro atoms. The number of aromatic nitrogens is 1. The Morgan fingerprint density at radius 1 is 1.35 bits per heavy atom. The number of thiazole rings is 1. The fraction of sp³-hybridized carbons (Fsp3) is 0.421. The van der Waals surface area contributed by atoms with Crippen molar-refractivity contribution in [3.63, 3.8) is 0 Å². The summed E-state index contributed by atoms with van der Waals surface area (Å²) in [5.74, 6) is 0.000780. The molecule has 2 aromatic rings. The number of esters is 1. The number of hydrogen-bond donors (Lipinski definition) is 0. The molecule has 1 saturated heterocycles. The largest absolute Gasteiger partial charge is 0.451 e. The minimum atomic E-state index is -0.507. The second-order valence-electron chi connectivity index (χ2n) is 6.58. The van der Waals surface area contributed by atoms with Crippen LogP contribution in [0.3, 0.4) is 0 Å². The van der Waals surface area contributed by atoms with Crippen LogP contribution in [0.4, 0.5) is 0 Å². The van der Waals surface area contributed by atoms with Gasteiger partial charge in [0.1, 0.15) is 9.88 Å². The lowest BCUT2D eigenvalue weighted by Crippen LogP contribution is -2.40.